The zero-order chi connectivity index (χ0) is 13.2. The maximum absolute atomic E-state index is 12.4. The molecular formula is C13H21N5O. The van der Waals surface area contributed by atoms with Crippen LogP contribution in [-0.2, 0) is 13.6 Å². The van der Waals surface area contributed by atoms with Crippen LogP contribution in [0.15, 0.2) is 12.4 Å². The number of nitrogens with zero attached hydrogens (tertiary/aromatic N) is 4. The summed E-state index contributed by atoms with van der Waals surface area (Å²) in [5.74, 6) is 0. The van der Waals surface area contributed by atoms with Crippen molar-refractivity contribution in [3.8, 4) is 0 Å². The molecule has 6 heteroatoms. The van der Waals surface area contributed by atoms with Gasteiger partial charge < -0.3 is 15.1 Å². The van der Waals surface area contributed by atoms with Crippen LogP contribution in [0.3, 0.4) is 0 Å². The van der Waals surface area contributed by atoms with Gasteiger partial charge in [0.15, 0.2) is 0 Å². The second-order valence-corrected chi connectivity index (χ2v) is 5.40. The van der Waals surface area contributed by atoms with E-state index in [1.165, 1.54) is 0 Å². The number of aryl methyl sites for hydroxylation is 1. The molecule has 0 spiro atoms. The first-order valence-corrected chi connectivity index (χ1v) is 6.98. The molecule has 0 saturated carbocycles. The molecule has 3 rings (SSSR count). The first-order chi connectivity index (χ1) is 9.24. The number of carbonyl (C=O) groups excluding carboxylic acids is 1. The van der Waals surface area contributed by atoms with E-state index in [-0.39, 0.29) is 6.03 Å². The van der Waals surface area contributed by atoms with E-state index in [0.717, 1.165) is 44.6 Å². The van der Waals surface area contributed by atoms with Crippen molar-refractivity contribution in [3.63, 3.8) is 0 Å². The van der Waals surface area contributed by atoms with E-state index in [4.69, 9.17) is 0 Å². The molecule has 6 nitrogen and oxygen atoms in total. The average Bonchev–Trinajstić information content (AvgIpc) is 2.99. The average molecular weight is 263 g/mol. The fraction of sp³-hybridized carbons (Fsp3) is 0.692. The monoisotopic (exact) mass is 263 g/mol. The van der Waals surface area contributed by atoms with Crippen LogP contribution in [0.5, 0.6) is 0 Å². The van der Waals surface area contributed by atoms with Crippen molar-refractivity contribution < 1.29 is 4.79 Å². The van der Waals surface area contributed by atoms with Gasteiger partial charge in [-0.25, -0.2) is 4.79 Å². The number of rotatable bonds is 3. The van der Waals surface area contributed by atoms with E-state index in [1.807, 2.05) is 24.3 Å². The number of hydrogen-bond donors (Lipinski definition) is 1. The van der Waals surface area contributed by atoms with Gasteiger partial charge in [-0.3, -0.25) is 4.68 Å². The van der Waals surface area contributed by atoms with E-state index in [2.05, 4.69) is 15.3 Å². The molecule has 1 aromatic heterocycles. The van der Waals surface area contributed by atoms with Gasteiger partial charge in [0.2, 0.25) is 0 Å². The number of aromatic nitrogens is 2. The molecule has 104 valence electrons. The Kier molecular flexibility index (Phi) is 3.42. The lowest BCUT2D eigenvalue weighted by molar-refractivity contribution is 0.165. The first-order valence-electron chi connectivity index (χ1n) is 6.98. The Bertz CT molecular complexity index is 452. The molecule has 2 saturated heterocycles. The minimum absolute atomic E-state index is 0.191. The lowest BCUT2D eigenvalue weighted by atomic mass is 10.1. The summed E-state index contributed by atoms with van der Waals surface area (Å²) < 4.78 is 1.78. The maximum Gasteiger partial charge on any atom is 0.320 e. The smallest absolute Gasteiger partial charge is 0.320 e. The fourth-order valence-corrected chi connectivity index (χ4v) is 2.98. The highest BCUT2D eigenvalue weighted by atomic mass is 16.2. The van der Waals surface area contributed by atoms with Gasteiger partial charge in [-0.15, -0.1) is 0 Å². The molecule has 1 N–H and O–H groups in total. The molecule has 0 radical (unpaired) electrons. The molecular weight excluding hydrogens is 242 g/mol. The normalized spacial score (nSPS) is 21.4. The van der Waals surface area contributed by atoms with Crippen molar-refractivity contribution in [2.45, 2.75) is 25.4 Å². The molecule has 0 unspecified atom stereocenters. The summed E-state index contributed by atoms with van der Waals surface area (Å²) in [5.41, 5.74) is 1.10. The molecule has 0 aliphatic carbocycles. The second-order valence-electron chi connectivity index (χ2n) is 5.40. The van der Waals surface area contributed by atoms with Crippen LogP contribution in [0.1, 0.15) is 18.4 Å². The maximum atomic E-state index is 12.4. The highest BCUT2D eigenvalue weighted by Crippen LogP contribution is 2.20. The van der Waals surface area contributed by atoms with Gasteiger partial charge >= 0.3 is 6.03 Å². The highest BCUT2D eigenvalue weighted by molar-refractivity contribution is 5.76. The molecule has 0 atom stereocenters. The summed E-state index contributed by atoms with van der Waals surface area (Å²) in [7, 11) is 1.90. The molecule has 3 heterocycles. The van der Waals surface area contributed by atoms with Crippen molar-refractivity contribution in [1.82, 2.24) is 24.9 Å². The van der Waals surface area contributed by atoms with Gasteiger partial charge in [0, 0.05) is 37.9 Å². The van der Waals surface area contributed by atoms with E-state index in [0.29, 0.717) is 12.6 Å². The van der Waals surface area contributed by atoms with Gasteiger partial charge in [0.25, 0.3) is 0 Å². The van der Waals surface area contributed by atoms with Crippen molar-refractivity contribution >= 4 is 6.03 Å². The number of amides is 2. The largest absolute Gasteiger partial charge is 0.320 e. The molecule has 0 aromatic carbocycles. The minimum Gasteiger partial charge on any atom is -0.320 e. The topological polar surface area (TPSA) is 53.4 Å². The van der Waals surface area contributed by atoms with E-state index >= 15 is 0 Å². The lowest BCUT2D eigenvalue weighted by Crippen LogP contribution is -2.45. The van der Waals surface area contributed by atoms with Crippen molar-refractivity contribution in [1.29, 1.82) is 0 Å². The Morgan fingerprint density at radius 1 is 1.37 bits per heavy atom. The van der Waals surface area contributed by atoms with Crippen LogP contribution >= 0.6 is 0 Å². The quantitative estimate of drug-likeness (QED) is 0.859. The summed E-state index contributed by atoms with van der Waals surface area (Å²) in [6.07, 6.45) is 5.96. The van der Waals surface area contributed by atoms with Gasteiger partial charge in [0.05, 0.1) is 12.7 Å². The van der Waals surface area contributed by atoms with Crippen LogP contribution < -0.4 is 5.32 Å². The van der Waals surface area contributed by atoms with Crippen LogP contribution in [0.4, 0.5) is 4.79 Å². The van der Waals surface area contributed by atoms with Crippen molar-refractivity contribution in [2.75, 3.05) is 26.2 Å². The Morgan fingerprint density at radius 2 is 2.16 bits per heavy atom. The van der Waals surface area contributed by atoms with Crippen LogP contribution in [0.2, 0.25) is 0 Å². The van der Waals surface area contributed by atoms with E-state index in [9.17, 15) is 4.79 Å². The Morgan fingerprint density at radius 3 is 2.84 bits per heavy atom. The summed E-state index contributed by atoms with van der Waals surface area (Å²) in [6.45, 7) is 4.42. The number of piperidine rings is 1. The van der Waals surface area contributed by atoms with Crippen molar-refractivity contribution in [2.24, 2.45) is 7.05 Å². The zero-order valence-corrected chi connectivity index (χ0v) is 11.4. The third-order valence-corrected chi connectivity index (χ3v) is 4.01. The van der Waals surface area contributed by atoms with Gasteiger partial charge in [-0.1, -0.05) is 0 Å². The minimum atomic E-state index is 0.191. The third-order valence-electron chi connectivity index (χ3n) is 4.01. The third kappa shape index (κ3) is 2.58. The lowest BCUT2D eigenvalue weighted by Gasteiger charge is -2.31. The number of carbonyl (C=O) groups is 1. The standard InChI is InChI=1S/C13H21N5O/c1-16-9-11(8-15-16)10-17-6-7-18(13(17)19)12-2-4-14-5-3-12/h8-9,12,14H,2-7,10H2,1H3. The summed E-state index contributed by atoms with van der Waals surface area (Å²) in [6, 6.07) is 0.614. The van der Waals surface area contributed by atoms with Gasteiger partial charge in [0.1, 0.15) is 0 Å². The van der Waals surface area contributed by atoms with Crippen molar-refractivity contribution in [3.05, 3.63) is 18.0 Å². The summed E-state index contributed by atoms with van der Waals surface area (Å²) in [5, 5.41) is 7.49. The molecule has 2 aliphatic rings. The van der Waals surface area contributed by atoms with Crippen LogP contribution in [0.25, 0.3) is 0 Å². The molecule has 2 fully saturated rings. The number of nitrogens with one attached hydrogen (secondary N) is 1. The Labute approximate surface area is 113 Å². The zero-order valence-electron chi connectivity index (χ0n) is 11.4. The molecule has 19 heavy (non-hydrogen) atoms. The first kappa shape index (κ1) is 12.5. The SMILES string of the molecule is Cn1cc(CN2CCN(C3CCNCC3)C2=O)cn1. The van der Waals surface area contributed by atoms with E-state index < -0.39 is 0 Å². The fourth-order valence-electron chi connectivity index (χ4n) is 2.98. The number of hydrogen-bond acceptors (Lipinski definition) is 3. The summed E-state index contributed by atoms with van der Waals surface area (Å²) in [4.78, 5) is 16.4. The Hall–Kier alpha value is -1.56. The number of urea groups is 1. The van der Waals surface area contributed by atoms with Gasteiger partial charge in [-0.05, 0) is 25.9 Å². The van der Waals surface area contributed by atoms with Crippen LogP contribution in [-0.4, -0.2) is 57.8 Å². The second kappa shape index (κ2) is 5.21. The predicted octanol–water partition coefficient (Wildman–Crippen LogP) is 0.410. The van der Waals surface area contributed by atoms with Gasteiger partial charge in [-0.2, -0.15) is 5.10 Å². The Balaban J connectivity index is 1.61. The van der Waals surface area contributed by atoms with Crippen LogP contribution in [0, 0.1) is 0 Å². The molecule has 0 bridgehead atoms. The van der Waals surface area contributed by atoms with E-state index in [1.54, 1.807) is 4.68 Å². The molecule has 2 amide bonds. The summed E-state index contributed by atoms with van der Waals surface area (Å²) >= 11 is 0. The predicted molar refractivity (Wildman–Crippen MR) is 71.6 cm³/mol. The highest BCUT2D eigenvalue weighted by Gasteiger charge is 2.34. The molecule has 2 aliphatic heterocycles. The molecule has 1 aromatic rings.